The number of anilines is 2. The molecule has 2 aromatic rings. The Hall–Kier alpha value is -2.90. The first-order valence-corrected chi connectivity index (χ1v) is 8.66. The molecule has 0 radical (unpaired) electrons. The van der Waals surface area contributed by atoms with Crippen molar-refractivity contribution in [3.8, 4) is 0 Å². The standard InChI is InChI=1S/C16H10BrF6N3O4/c1-2-24(12-4-3-8(5-11(12)17)15(18,19)20)14-10(16(21,22)23)6-9(25(27)28)7-13(14)26(29)30/h3-7H,2H2,1H3. The van der Waals surface area contributed by atoms with Crippen LogP contribution in [0.2, 0.25) is 0 Å². The third kappa shape index (κ3) is 4.63. The highest BCUT2D eigenvalue weighted by Crippen LogP contribution is 2.48. The maximum absolute atomic E-state index is 13.6. The number of benzene rings is 2. The van der Waals surface area contributed by atoms with Crippen molar-refractivity contribution in [3.63, 3.8) is 0 Å². The van der Waals surface area contributed by atoms with Crippen LogP contribution in [-0.4, -0.2) is 16.4 Å². The molecule has 162 valence electrons. The van der Waals surface area contributed by atoms with Gasteiger partial charge in [-0.1, -0.05) is 0 Å². The quantitative estimate of drug-likeness (QED) is 0.266. The van der Waals surface area contributed by atoms with E-state index in [2.05, 4.69) is 15.9 Å². The van der Waals surface area contributed by atoms with Gasteiger partial charge in [-0.05, 0) is 41.1 Å². The molecule has 0 unspecified atom stereocenters. The summed E-state index contributed by atoms with van der Waals surface area (Å²) in [6.45, 7) is 0.987. The lowest BCUT2D eigenvalue weighted by molar-refractivity contribution is -0.394. The molecule has 0 atom stereocenters. The van der Waals surface area contributed by atoms with Crippen molar-refractivity contribution in [1.29, 1.82) is 0 Å². The number of nitrogens with zero attached hydrogens (tertiary/aromatic N) is 3. The van der Waals surface area contributed by atoms with Gasteiger partial charge < -0.3 is 4.90 Å². The Bertz CT molecular complexity index is 1010. The van der Waals surface area contributed by atoms with E-state index in [0.29, 0.717) is 18.2 Å². The van der Waals surface area contributed by atoms with E-state index in [0.717, 1.165) is 11.0 Å². The van der Waals surface area contributed by atoms with Crippen LogP contribution in [0.1, 0.15) is 18.1 Å². The van der Waals surface area contributed by atoms with Crippen molar-refractivity contribution in [2.75, 3.05) is 11.4 Å². The Morgan fingerprint density at radius 3 is 1.97 bits per heavy atom. The number of hydrogen-bond acceptors (Lipinski definition) is 5. The molecule has 7 nitrogen and oxygen atoms in total. The number of halogens is 7. The molecule has 2 rings (SSSR count). The minimum atomic E-state index is -5.22. The first kappa shape index (κ1) is 23.4. The molecule has 2 aromatic carbocycles. The summed E-state index contributed by atoms with van der Waals surface area (Å²) in [6, 6.07) is 2.58. The molecule has 0 heterocycles. The van der Waals surface area contributed by atoms with Gasteiger partial charge in [-0.25, -0.2) is 0 Å². The van der Waals surface area contributed by atoms with E-state index in [9.17, 15) is 46.6 Å². The Kier molecular flexibility index (Phi) is 6.30. The lowest BCUT2D eigenvalue weighted by Gasteiger charge is -2.27. The third-order valence-electron chi connectivity index (χ3n) is 3.94. The van der Waals surface area contributed by atoms with Gasteiger partial charge in [0.05, 0.1) is 32.7 Å². The molecule has 0 aliphatic rings. The Balaban J connectivity index is 2.85. The zero-order valence-electron chi connectivity index (χ0n) is 14.7. The van der Waals surface area contributed by atoms with Crippen molar-refractivity contribution in [2.24, 2.45) is 0 Å². The van der Waals surface area contributed by atoms with Crippen LogP contribution >= 0.6 is 15.9 Å². The summed E-state index contributed by atoms with van der Waals surface area (Å²) >= 11 is 2.85. The van der Waals surface area contributed by atoms with Crippen LogP contribution in [0.4, 0.5) is 49.1 Å². The van der Waals surface area contributed by atoms with Crippen molar-refractivity contribution >= 4 is 38.7 Å². The average Bonchev–Trinajstić information content (AvgIpc) is 2.61. The molecule has 0 saturated carbocycles. The van der Waals surface area contributed by atoms with Gasteiger partial charge in [-0.2, -0.15) is 26.3 Å². The van der Waals surface area contributed by atoms with Gasteiger partial charge in [-0.15, -0.1) is 0 Å². The first-order chi connectivity index (χ1) is 13.7. The van der Waals surface area contributed by atoms with E-state index in [1.807, 2.05) is 0 Å². The van der Waals surface area contributed by atoms with E-state index in [1.54, 1.807) is 0 Å². The van der Waals surface area contributed by atoms with Gasteiger partial charge in [0.15, 0.2) is 0 Å². The Morgan fingerprint density at radius 1 is 0.967 bits per heavy atom. The van der Waals surface area contributed by atoms with Crippen LogP contribution in [0.25, 0.3) is 0 Å². The van der Waals surface area contributed by atoms with Crippen LogP contribution in [0.3, 0.4) is 0 Å². The smallest absolute Gasteiger partial charge is 0.335 e. The fourth-order valence-electron chi connectivity index (χ4n) is 2.70. The Morgan fingerprint density at radius 2 is 1.57 bits per heavy atom. The SMILES string of the molecule is CCN(c1ccc(C(F)(F)F)cc1Br)c1c([N+](=O)[O-])cc([N+](=O)[O-])cc1C(F)(F)F. The predicted octanol–water partition coefficient (Wildman–Crippen LogP) is 6.46. The van der Waals surface area contributed by atoms with Crippen molar-refractivity contribution in [1.82, 2.24) is 0 Å². The highest BCUT2D eigenvalue weighted by Gasteiger charge is 2.42. The minimum Gasteiger partial charge on any atom is -0.335 e. The number of rotatable bonds is 5. The van der Waals surface area contributed by atoms with Crippen molar-refractivity contribution in [3.05, 3.63) is 66.2 Å². The first-order valence-electron chi connectivity index (χ1n) is 7.86. The summed E-state index contributed by atoms with van der Waals surface area (Å²) < 4.78 is 79.3. The summed E-state index contributed by atoms with van der Waals surface area (Å²) in [4.78, 5) is 20.7. The van der Waals surface area contributed by atoms with Crippen LogP contribution in [0, 0.1) is 20.2 Å². The second-order valence-corrected chi connectivity index (χ2v) is 6.64. The topological polar surface area (TPSA) is 89.5 Å². The van der Waals surface area contributed by atoms with Crippen LogP contribution in [0.5, 0.6) is 0 Å². The van der Waals surface area contributed by atoms with Gasteiger partial charge in [-0.3, -0.25) is 20.2 Å². The van der Waals surface area contributed by atoms with Gasteiger partial charge in [0.25, 0.3) is 11.4 Å². The second-order valence-electron chi connectivity index (χ2n) is 5.78. The number of non-ortho nitro benzene ring substituents is 1. The summed E-state index contributed by atoms with van der Waals surface area (Å²) in [5, 5.41) is 22.4. The van der Waals surface area contributed by atoms with E-state index >= 15 is 0 Å². The molecule has 0 aliphatic heterocycles. The molecular formula is C16H10BrF6N3O4. The number of nitro benzene ring substituents is 2. The normalized spacial score (nSPS) is 12.0. The fraction of sp³-hybridized carbons (Fsp3) is 0.250. The maximum atomic E-state index is 13.6. The monoisotopic (exact) mass is 501 g/mol. The number of nitro groups is 2. The molecule has 30 heavy (non-hydrogen) atoms. The predicted molar refractivity (Wildman–Crippen MR) is 96.6 cm³/mol. The summed E-state index contributed by atoms with van der Waals surface area (Å²) in [5.41, 5.74) is -6.39. The Labute approximate surface area is 172 Å². The molecule has 0 saturated heterocycles. The highest BCUT2D eigenvalue weighted by molar-refractivity contribution is 9.10. The number of alkyl halides is 6. The summed E-state index contributed by atoms with van der Waals surface area (Å²) in [7, 11) is 0. The van der Waals surface area contributed by atoms with E-state index < -0.39 is 50.4 Å². The molecule has 0 aromatic heterocycles. The van der Waals surface area contributed by atoms with E-state index in [-0.39, 0.29) is 22.8 Å². The minimum absolute atomic E-state index is 0.142. The molecule has 0 fully saturated rings. The zero-order valence-corrected chi connectivity index (χ0v) is 16.3. The molecule has 0 amide bonds. The molecule has 0 spiro atoms. The number of hydrogen-bond donors (Lipinski definition) is 0. The van der Waals surface area contributed by atoms with E-state index in [4.69, 9.17) is 0 Å². The average molecular weight is 502 g/mol. The van der Waals surface area contributed by atoms with Gasteiger partial charge >= 0.3 is 12.4 Å². The van der Waals surface area contributed by atoms with Crippen LogP contribution in [0.15, 0.2) is 34.8 Å². The molecule has 0 aliphatic carbocycles. The second kappa shape index (κ2) is 8.08. The van der Waals surface area contributed by atoms with Crippen LogP contribution in [-0.2, 0) is 12.4 Å². The lowest BCUT2D eigenvalue weighted by Crippen LogP contribution is -2.23. The molecule has 0 N–H and O–H groups in total. The summed E-state index contributed by atoms with van der Waals surface area (Å²) in [6.07, 6.45) is -9.95. The van der Waals surface area contributed by atoms with E-state index in [1.165, 1.54) is 6.92 Å². The zero-order chi connectivity index (χ0) is 23.0. The third-order valence-corrected chi connectivity index (χ3v) is 4.57. The van der Waals surface area contributed by atoms with Gasteiger partial charge in [0.1, 0.15) is 5.69 Å². The fourth-order valence-corrected chi connectivity index (χ4v) is 3.29. The largest absolute Gasteiger partial charge is 0.418 e. The van der Waals surface area contributed by atoms with Crippen LogP contribution < -0.4 is 4.90 Å². The van der Waals surface area contributed by atoms with Gasteiger partial charge in [0, 0.05) is 17.1 Å². The van der Waals surface area contributed by atoms with Crippen molar-refractivity contribution < 1.29 is 36.2 Å². The molecular weight excluding hydrogens is 492 g/mol. The van der Waals surface area contributed by atoms with Crippen molar-refractivity contribution in [2.45, 2.75) is 19.3 Å². The molecule has 0 bridgehead atoms. The summed E-state index contributed by atoms with van der Waals surface area (Å²) in [5.74, 6) is 0. The van der Waals surface area contributed by atoms with Gasteiger partial charge in [0.2, 0.25) is 0 Å². The molecule has 14 heteroatoms. The maximum Gasteiger partial charge on any atom is 0.418 e. The highest BCUT2D eigenvalue weighted by atomic mass is 79.9. The lowest BCUT2D eigenvalue weighted by atomic mass is 10.1.